The first-order valence-corrected chi connectivity index (χ1v) is 10.5. The predicted molar refractivity (Wildman–Crippen MR) is 114 cm³/mol. The average molecular weight is 473 g/mol. The highest BCUT2D eigenvalue weighted by Gasteiger charge is 2.32. The van der Waals surface area contributed by atoms with E-state index in [0.717, 1.165) is 41.1 Å². The van der Waals surface area contributed by atoms with E-state index in [4.69, 9.17) is 23.2 Å². The smallest absolute Gasteiger partial charge is 0.318 e. The fourth-order valence-electron chi connectivity index (χ4n) is 3.11. The van der Waals surface area contributed by atoms with E-state index in [2.05, 4.69) is 4.98 Å². The number of carbonyl (C=O) groups excluding carboxylic acids is 1. The fraction of sp³-hybridized carbons (Fsp3) is 0.238. The van der Waals surface area contributed by atoms with Crippen LogP contribution in [0.5, 0.6) is 0 Å². The molecule has 1 atom stereocenters. The lowest BCUT2D eigenvalue weighted by molar-refractivity contribution is -0.137. The van der Waals surface area contributed by atoms with Gasteiger partial charge in [-0.25, -0.2) is 4.98 Å². The van der Waals surface area contributed by atoms with Crippen molar-refractivity contribution in [2.45, 2.75) is 37.2 Å². The number of carbonyl (C=O) groups is 1. The van der Waals surface area contributed by atoms with Crippen LogP contribution in [-0.2, 0) is 6.18 Å². The summed E-state index contributed by atoms with van der Waals surface area (Å²) in [6, 6.07) is 9.88. The van der Waals surface area contributed by atoms with Crippen LogP contribution in [0.3, 0.4) is 0 Å². The maximum absolute atomic E-state index is 13.1. The second-order valence-corrected chi connectivity index (χ2v) is 8.90. The first-order valence-electron chi connectivity index (χ1n) is 8.87. The van der Waals surface area contributed by atoms with Crippen molar-refractivity contribution < 1.29 is 18.0 Å². The Balaban J connectivity index is 1.85. The third-order valence-corrected chi connectivity index (χ3v) is 6.34. The van der Waals surface area contributed by atoms with Gasteiger partial charge in [0.1, 0.15) is 5.03 Å². The number of Topliss-reactive ketones (excluding diaryl/α,β-unsaturated/α-hetero) is 1. The number of aryl methyl sites for hydroxylation is 1. The van der Waals surface area contributed by atoms with Gasteiger partial charge in [-0.1, -0.05) is 35.0 Å². The minimum atomic E-state index is -4.53. The summed E-state index contributed by atoms with van der Waals surface area (Å²) in [6.45, 7) is 5.41. The lowest BCUT2D eigenvalue weighted by Gasteiger charge is -2.13. The number of rotatable bonds is 5. The maximum atomic E-state index is 13.1. The molecule has 0 N–H and O–H groups in total. The van der Waals surface area contributed by atoms with E-state index in [1.807, 2.05) is 30.5 Å². The Morgan fingerprint density at radius 1 is 1.13 bits per heavy atom. The SMILES string of the molecule is Cc1cc(C(=O)[C@@H](C)Sc2ncc(C(F)(F)F)cc2Cl)c(C)n1-c1ccc(Cl)cc1. The summed E-state index contributed by atoms with van der Waals surface area (Å²) in [5.41, 5.74) is 2.12. The number of benzene rings is 1. The molecule has 3 aromatic rings. The van der Waals surface area contributed by atoms with Crippen molar-refractivity contribution in [2.75, 3.05) is 0 Å². The number of alkyl halides is 3. The number of aromatic nitrogens is 2. The molecule has 2 heterocycles. The van der Waals surface area contributed by atoms with Gasteiger partial charge in [-0.2, -0.15) is 13.2 Å². The molecule has 0 fully saturated rings. The van der Waals surface area contributed by atoms with Crippen molar-refractivity contribution in [3.8, 4) is 5.69 Å². The van der Waals surface area contributed by atoms with E-state index in [-0.39, 0.29) is 15.8 Å². The van der Waals surface area contributed by atoms with Gasteiger partial charge in [0.2, 0.25) is 0 Å². The van der Waals surface area contributed by atoms with Crippen LogP contribution in [0, 0.1) is 13.8 Å². The molecule has 0 aliphatic rings. The Kier molecular flexibility index (Phi) is 6.55. The van der Waals surface area contributed by atoms with Gasteiger partial charge >= 0.3 is 6.18 Å². The third kappa shape index (κ3) is 4.68. The van der Waals surface area contributed by atoms with Gasteiger partial charge in [0.05, 0.1) is 15.8 Å². The molecule has 9 heteroatoms. The van der Waals surface area contributed by atoms with Gasteiger partial charge in [0, 0.05) is 33.9 Å². The number of ketones is 1. The zero-order valence-corrected chi connectivity index (χ0v) is 18.5. The summed E-state index contributed by atoms with van der Waals surface area (Å²) in [5.74, 6) is -0.161. The largest absolute Gasteiger partial charge is 0.417 e. The van der Waals surface area contributed by atoms with Crippen LogP contribution >= 0.6 is 35.0 Å². The summed E-state index contributed by atoms with van der Waals surface area (Å²) in [4.78, 5) is 16.9. The summed E-state index contributed by atoms with van der Waals surface area (Å²) in [5, 5.41) is 0.0625. The number of thioether (sulfide) groups is 1. The minimum Gasteiger partial charge on any atom is -0.318 e. The standard InChI is InChI=1S/C21H17Cl2F3N2OS/c1-11-8-17(12(2)28(11)16-6-4-15(22)5-7-16)19(29)13(3)30-20-18(23)9-14(10-27-20)21(24,25)26/h4-10,13H,1-3H3/t13-/m1/s1. The molecule has 0 bridgehead atoms. The summed E-state index contributed by atoms with van der Waals surface area (Å²) in [6.07, 6.45) is -3.81. The Labute approximate surface area is 186 Å². The molecule has 0 amide bonds. The topological polar surface area (TPSA) is 34.9 Å². The van der Waals surface area contributed by atoms with Gasteiger partial charge in [-0.05, 0) is 57.2 Å². The molecule has 1 aromatic carbocycles. The van der Waals surface area contributed by atoms with Crippen LogP contribution < -0.4 is 0 Å². The molecule has 0 radical (unpaired) electrons. The van der Waals surface area contributed by atoms with E-state index >= 15 is 0 Å². The summed E-state index contributed by atoms with van der Waals surface area (Å²) < 4.78 is 40.3. The lowest BCUT2D eigenvalue weighted by atomic mass is 10.1. The average Bonchev–Trinajstić information content (AvgIpc) is 2.97. The van der Waals surface area contributed by atoms with E-state index in [0.29, 0.717) is 10.6 Å². The van der Waals surface area contributed by atoms with Crippen molar-refractivity contribution in [1.29, 1.82) is 0 Å². The molecule has 0 unspecified atom stereocenters. The predicted octanol–water partition coefficient (Wildman–Crippen LogP) is 7.18. The van der Waals surface area contributed by atoms with E-state index in [1.54, 1.807) is 25.1 Å². The van der Waals surface area contributed by atoms with Crippen molar-refractivity contribution in [2.24, 2.45) is 0 Å². The molecule has 0 saturated heterocycles. The molecule has 30 heavy (non-hydrogen) atoms. The molecule has 0 saturated carbocycles. The van der Waals surface area contributed by atoms with Gasteiger partial charge in [0.15, 0.2) is 5.78 Å². The highest BCUT2D eigenvalue weighted by atomic mass is 35.5. The van der Waals surface area contributed by atoms with Crippen LogP contribution in [0.4, 0.5) is 13.2 Å². The van der Waals surface area contributed by atoms with Crippen LogP contribution in [0.15, 0.2) is 47.6 Å². The second kappa shape index (κ2) is 8.65. The molecule has 0 aliphatic carbocycles. The van der Waals surface area contributed by atoms with E-state index in [1.165, 1.54) is 0 Å². The Morgan fingerprint density at radius 2 is 1.77 bits per heavy atom. The van der Waals surface area contributed by atoms with Crippen molar-refractivity contribution in [3.63, 3.8) is 0 Å². The molecule has 3 nitrogen and oxygen atoms in total. The highest BCUT2D eigenvalue weighted by Crippen LogP contribution is 2.36. The Hall–Kier alpha value is -1.96. The Bertz CT molecular complexity index is 1090. The molecule has 0 aliphatic heterocycles. The molecule has 0 spiro atoms. The third-order valence-electron chi connectivity index (χ3n) is 4.57. The highest BCUT2D eigenvalue weighted by molar-refractivity contribution is 8.00. The number of halogens is 5. The number of nitrogens with zero attached hydrogens (tertiary/aromatic N) is 2. The van der Waals surface area contributed by atoms with Crippen molar-refractivity contribution in [3.05, 3.63) is 75.2 Å². The number of pyridine rings is 1. The summed E-state index contributed by atoms with van der Waals surface area (Å²) in [7, 11) is 0. The first-order chi connectivity index (χ1) is 14.0. The van der Waals surface area contributed by atoms with Gasteiger partial charge in [-0.15, -0.1) is 0 Å². The van der Waals surface area contributed by atoms with Crippen molar-refractivity contribution >= 4 is 40.7 Å². The summed E-state index contributed by atoms with van der Waals surface area (Å²) >= 11 is 13.0. The molecule has 3 rings (SSSR count). The van der Waals surface area contributed by atoms with E-state index in [9.17, 15) is 18.0 Å². The maximum Gasteiger partial charge on any atom is 0.417 e. The molecule has 2 aromatic heterocycles. The van der Waals surface area contributed by atoms with Crippen LogP contribution in [-0.4, -0.2) is 20.6 Å². The first kappa shape index (κ1) is 22.7. The minimum absolute atomic E-state index is 0.138. The van der Waals surface area contributed by atoms with Crippen LogP contribution in [0.25, 0.3) is 5.69 Å². The zero-order valence-electron chi connectivity index (χ0n) is 16.2. The Morgan fingerprint density at radius 3 is 2.33 bits per heavy atom. The van der Waals surface area contributed by atoms with Crippen molar-refractivity contribution in [1.82, 2.24) is 9.55 Å². The number of hydrogen-bond donors (Lipinski definition) is 0. The van der Waals surface area contributed by atoms with Crippen LogP contribution in [0.2, 0.25) is 10.0 Å². The van der Waals surface area contributed by atoms with Gasteiger partial charge in [0.25, 0.3) is 0 Å². The fourth-order valence-corrected chi connectivity index (χ4v) is 4.39. The second-order valence-electron chi connectivity index (χ2n) is 6.73. The zero-order chi connectivity index (χ0) is 22.2. The normalized spacial score (nSPS) is 12.8. The molecular weight excluding hydrogens is 456 g/mol. The van der Waals surface area contributed by atoms with Crippen LogP contribution in [0.1, 0.15) is 34.2 Å². The molecule has 158 valence electrons. The van der Waals surface area contributed by atoms with E-state index < -0.39 is 17.0 Å². The quantitative estimate of drug-likeness (QED) is 0.291. The molecular formula is C21H17Cl2F3N2OS. The number of hydrogen-bond acceptors (Lipinski definition) is 3. The lowest BCUT2D eigenvalue weighted by Crippen LogP contribution is -2.15. The van der Waals surface area contributed by atoms with Gasteiger partial charge < -0.3 is 4.57 Å². The monoisotopic (exact) mass is 472 g/mol. The van der Waals surface area contributed by atoms with Gasteiger partial charge in [-0.3, -0.25) is 4.79 Å².